The van der Waals surface area contributed by atoms with Gasteiger partial charge in [-0.3, -0.25) is 0 Å². The predicted molar refractivity (Wildman–Crippen MR) is 119 cm³/mol. The number of carbonyl (C=O) groups is 1. The minimum Gasteiger partial charge on any atom is -0.493 e. The molecule has 0 saturated heterocycles. The molecule has 31 heavy (non-hydrogen) atoms. The molecule has 1 aliphatic rings. The number of hydrogen-bond acceptors (Lipinski definition) is 4. The summed E-state index contributed by atoms with van der Waals surface area (Å²) >= 11 is 0. The van der Waals surface area contributed by atoms with Crippen LogP contribution in [0, 0.1) is 6.92 Å². The minimum absolute atomic E-state index is 0.0555. The minimum atomic E-state index is -0.0555. The van der Waals surface area contributed by atoms with E-state index in [1.807, 2.05) is 73.3 Å². The largest absolute Gasteiger partial charge is 0.493 e. The third-order valence-electron chi connectivity index (χ3n) is 5.32. The monoisotopic (exact) mass is 420 g/mol. The molecule has 0 atom stereocenters. The summed E-state index contributed by atoms with van der Waals surface area (Å²) in [4.78, 5) is 14.6. The molecule has 2 amide bonds. The molecule has 1 heterocycles. The first-order valence-electron chi connectivity index (χ1n) is 10.6. The van der Waals surface area contributed by atoms with Gasteiger partial charge in [-0.05, 0) is 51.0 Å². The average molecular weight is 421 g/mol. The van der Waals surface area contributed by atoms with Gasteiger partial charge < -0.3 is 19.7 Å². The van der Waals surface area contributed by atoms with Crippen molar-refractivity contribution in [2.75, 3.05) is 13.7 Å². The van der Waals surface area contributed by atoms with Gasteiger partial charge in [0, 0.05) is 12.6 Å². The van der Waals surface area contributed by atoms with Crippen molar-refractivity contribution in [2.24, 2.45) is 0 Å². The quantitative estimate of drug-likeness (QED) is 0.575. The Morgan fingerprint density at radius 2 is 1.81 bits per heavy atom. The van der Waals surface area contributed by atoms with E-state index < -0.39 is 0 Å². The lowest BCUT2D eigenvalue weighted by Crippen LogP contribution is -2.40. The van der Waals surface area contributed by atoms with Gasteiger partial charge in [0.15, 0.2) is 11.5 Å². The molecule has 0 bridgehead atoms. The summed E-state index contributed by atoms with van der Waals surface area (Å²) in [7, 11) is 1.62. The molecule has 2 aromatic carbocycles. The summed E-state index contributed by atoms with van der Waals surface area (Å²) in [6.07, 6.45) is 2.04. The van der Waals surface area contributed by atoms with Gasteiger partial charge in [0.1, 0.15) is 0 Å². The van der Waals surface area contributed by atoms with E-state index in [0.717, 1.165) is 29.8 Å². The first kappa shape index (κ1) is 20.8. The van der Waals surface area contributed by atoms with Gasteiger partial charge in [0.2, 0.25) is 5.88 Å². The van der Waals surface area contributed by atoms with Gasteiger partial charge in [-0.2, -0.15) is 5.10 Å². The Bertz CT molecular complexity index is 1040. The Morgan fingerprint density at radius 3 is 2.45 bits per heavy atom. The molecule has 1 saturated carbocycles. The van der Waals surface area contributed by atoms with Crippen LogP contribution in [0.15, 0.2) is 54.6 Å². The fraction of sp³-hybridized carbons (Fsp3) is 0.333. The van der Waals surface area contributed by atoms with Crippen LogP contribution in [0.5, 0.6) is 17.4 Å². The number of benzene rings is 2. The normalized spacial score (nSPS) is 13.0. The van der Waals surface area contributed by atoms with Gasteiger partial charge in [-0.15, -0.1) is 0 Å². The number of rotatable bonds is 8. The van der Waals surface area contributed by atoms with Crippen LogP contribution in [0.3, 0.4) is 0 Å². The summed E-state index contributed by atoms with van der Waals surface area (Å²) in [5, 5.41) is 7.69. The number of aryl methyl sites for hydroxylation is 1. The lowest BCUT2D eigenvalue weighted by molar-refractivity contribution is 0.192. The Labute approximate surface area is 182 Å². The maximum absolute atomic E-state index is 12.7. The number of methoxy groups -OCH3 is 1. The fourth-order valence-electron chi connectivity index (χ4n) is 3.55. The molecule has 7 nitrogen and oxygen atoms in total. The molecule has 162 valence electrons. The molecular formula is C24H28N4O3. The Balaban J connectivity index is 1.77. The summed E-state index contributed by atoms with van der Waals surface area (Å²) in [6, 6.07) is 17.6. The number of amides is 2. The second kappa shape index (κ2) is 9.12. The van der Waals surface area contributed by atoms with Crippen molar-refractivity contribution in [1.29, 1.82) is 0 Å². The first-order chi connectivity index (χ1) is 15.1. The molecular weight excluding hydrogens is 392 g/mol. The van der Waals surface area contributed by atoms with Crippen LogP contribution < -0.4 is 14.8 Å². The molecule has 0 aliphatic heterocycles. The predicted octanol–water partition coefficient (Wildman–Crippen LogP) is 4.68. The number of para-hydroxylation sites is 3. The van der Waals surface area contributed by atoms with Crippen LogP contribution in [0.4, 0.5) is 4.79 Å². The lowest BCUT2D eigenvalue weighted by atomic mass is 10.2. The van der Waals surface area contributed by atoms with Crippen molar-refractivity contribution in [2.45, 2.75) is 39.3 Å². The van der Waals surface area contributed by atoms with E-state index in [0.29, 0.717) is 30.5 Å². The van der Waals surface area contributed by atoms with Gasteiger partial charge in [0.05, 0.1) is 30.6 Å². The number of urea groups is 1. The van der Waals surface area contributed by atoms with Crippen LogP contribution >= 0.6 is 0 Å². The van der Waals surface area contributed by atoms with Crippen molar-refractivity contribution in [3.05, 3.63) is 65.9 Å². The number of nitrogens with zero attached hydrogens (tertiary/aromatic N) is 3. The summed E-state index contributed by atoms with van der Waals surface area (Å²) in [5.41, 5.74) is 2.59. The molecule has 0 radical (unpaired) electrons. The summed E-state index contributed by atoms with van der Waals surface area (Å²) in [6.45, 7) is 4.90. The SMILES string of the molecule is CCNC(=O)N(Cc1c(C)nn(-c2ccccc2)c1Oc1ccccc1OC)C1CC1. The third-order valence-corrected chi connectivity index (χ3v) is 5.32. The second-order valence-electron chi connectivity index (χ2n) is 7.56. The number of aromatic nitrogens is 2. The van der Waals surface area contributed by atoms with Gasteiger partial charge in [-0.1, -0.05) is 30.3 Å². The molecule has 0 unspecified atom stereocenters. The molecule has 4 rings (SSSR count). The van der Waals surface area contributed by atoms with E-state index >= 15 is 0 Å². The highest BCUT2D eigenvalue weighted by Crippen LogP contribution is 2.37. The molecule has 1 aromatic heterocycles. The number of ether oxygens (including phenoxy) is 2. The molecule has 3 aromatic rings. The second-order valence-corrected chi connectivity index (χ2v) is 7.56. The zero-order valence-corrected chi connectivity index (χ0v) is 18.2. The lowest BCUT2D eigenvalue weighted by Gasteiger charge is -2.23. The van der Waals surface area contributed by atoms with E-state index in [-0.39, 0.29) is 12.1 Å². The van der Waals surface area contributed by atoms with E-state index in [2.05, 4.69) is 5.32 Å². The number of hydrogen-bond donors (Lipinski definition) is 1. The van der Waals surface area contributed by atoms with E-state index in [1.165, 1.54) is 0 Å². The highest BCUT2D eigenvalue weighted by atomic mass is 16.5. The van der Waals surface area contributed by atoms with Crippen molar-refractivity contribution in [1.82, 2.24) is 20.0 Å². The third kappa shape index (κ3) is 4.50. The fourth-order valence-corrected chi connectivity index (χ4v) is 3.55. The van der Waals surface area contributed by atoms with Crippen molar-refractivity contribution in [3.63, 3.8) is 0 Å². The summed E-state index contributed by atoms with van der Waals surface area (Å²) in [5.74, 6) is 1.82. The molecule has 1 aliphatic carbocycles. The maximum atomic E-state index is 12.7. The van der Waals surface area contributed by atoms with Crippen molar-refractivity contribution in [3.8, 4) is 23.1 Å². The van der Waals surface area contributed by atoms with Crippen molar-refractivity contribution < 1.29 is 14.3 Å². The zero-order valence-electron chi connectivity index (χ0n) is 18.2. The Kier molecular flexibility index (Phi) is 6.11. The standard InChI is InChI=1S/C24H28N4O3/c1-4-25-24(29)27(18-14-15-18)16-20-17(2)26-28(19-10-6-5-7-11-19)23(20)31-22-13-9-8-12-21(22)30-3/h5-13,18H,4,14-16H2,1-3H3,(H,25,29). The van der Waals surface area contributed by atoms with Crippen LogP contribution in [0.1, 0.15) is 31.0 Å². The number of carbonyl (C=O) groups excluding carboxylic acids is 1. The topological polar surface area (TPSA) is 68.6 Å². The molecule has 1 N–H and O–H groups in total. The van der Waals surface area contributed by atoms with E-state index in [9.17, 15) is 4.79 Å². The molecule has 7 heteroatoms. The van der Waals surface area contributed by atoms with Crippen molar-refractivity contribution >= 4 is 6.03 Å². The van der Waals surface area contributed by atoms with Gasteiger partial charge >= 0.3 is 6.03 Å². The molecule has 0 spiro atoms. The van der Waals surface area contributed by atoms with Crippen LogP contribution in [-0.2, 0) is 6.54 Å². The van der Waals surface area contributed by atoms with Crippen LogP contribution in [0.25, 0.3) is 5.69 Å². The molecule has 1 fully saturated rings. The van der Waals surface area contributed by atoms with Gasteiger partial charge in [-0.25, -0.2) is 9.48 Å². The van der Waals surface area contributed by atoms with E-state index in [4.69, 9.17) is 14.6 Å². The van der Waals surface area contributed by atoms with Crippen LogP contribution in [0.2, 0.25) is 0 Å². The Hall–Kier alpha value is -3.48. The van der Waals surface area contributed by atoms with Crippen LogP contribution in [-0.4, -0.2) is 40.4 Å². The zero-order chi connectivity index (χ0) is 21.8. The first-order valence-corrected chi connectivity index (χ1v) is 10.6. The highest BCUT2D eigenvalue weighted by molar-refractivity contribution is 5.75. The van der Waals surface area contributed by atoms with E-state index in [1.54, 1.807) is 11.8 Å². The highest BCUT2D eigenvalue weighted by Gasteiger charge is 2.34. The van der Waals surface area contributed by atoms with Gasteiger partial charge in [0.25, 0.3) is 0 Å². The summed E-state index contributed by atoms with van der Waals surface area (Å²) < 4.78 is 13.7. The maximum Gasteiger partial charge on any atom is 0.317 e. The average Bonchev–Trinajstić information content (AvgIpc) is 3.58. The number of nitrogens with one attached hydrogen (secondary N) is 1. The Morgan fingerprint density at radius 1 is 1.13 bits per heavy atom. The smallest absolute Gasteiger partial charge is 0.317 e.